The molecule has 7 heteroatoms. The van der Waals surface area contributed by atoms with E-state index in [9.17, 15) is 4.79 Å². The SMILES string of the molecule is C=CCNC(=O)[C@@H](C)Sc1nnc(C[NH+]2CCCCC2)o1. The second-order valence-corrected chi connectivity index (χ2v) is 6.54. The van der Waals surface area contributed by atoms with E-state index < -0.39 is 0 Å². The Labute approximate surface area is 129 Å². The van der Waals surface area contributed by atoms with E-state index in [-0.39, 0.29) is 11.2 Å². The van der Waals surface area contributed by atoms with E-state index in [1.165, 1.54) is 49.0 Å². The smallest absolute Gasteiger partial charge is 0.277 e. The first-order valence-electron chi connectivity index (χ1n) is 7.40. The molecule has 6 nitrogen and oxygen atoms in total. The molecule has 1 amide bonds. The van der Waals surface area contributed by atoms with E-state index in [0.717, 1.165) is 6.54 Å². The summed E-state index contributed by atoms with van der Waals surface area (Å²) in [6.07, 6.45) is 5.52. The molecule has 1 aliphatic rings. The summed E-state index contributed by atoms with van der Waals surface area (Å²) in [6, 6.07) is 0. The van der Waals surface area contributed by atoms with Gasteiger partial charge in [-0.05, 0) is 26.2 Å². The van der Waals surface area contributed by atoms with Gasteiger partial charge in [-0.1, -0.05) is 17.8 Å². The lowest BCUT2D eigenvalue weighted by Crippen LogP contribution is -3.11. The average molecular weight is 311 g/mol. The lowest BCUT2D eigenvalue weighted by Gasteiger charge is -2.21. The Morgan fingerprint density at radius 2 is 2.24 bits per heavy atom. The molecule has 0 saturated carbocycles. The Morgan fingerprint density at radius 3 is 2.95 bits per heavy atom. The van der Waals surface area contributed by atoms with Crippen LogP contribution in [0, 0.1) is 0 Å². The first-order valence-corrected chi connectivity index (χ1v) is 8.28. The van der Waals surface area contributed by atoms with Crippen molar-refractivity contribution in [2.45, 2.75) is 43.2 Å². The van der Waals surface area contributed by atoms with Gasteiger partial charge in [-0.2, -0.15) is 0 Å². The first-order chi connectivity index (χ1) is 10.2. The summed E-state index contributed by atoms with van der Waals surface area (Å²) in [4.78, 5) is 13.3. The lowest BCUT2D eigenvalue weighted by atomic mass is 10.1. The zero-order valence-corrected chi connectivity index (χ0v) is 13.2. The van der Waals surface area contributed by atoms with Crippen molar-refractivity contribution in [3.63, 3.8) is 0 Å². The highest BCUT2D eigenvalue weighted by Gasteiger charge is 2.20. The maximum Gasteiger partial charge on any atom is 0.277 e. The number of amides is 1. The number of hydrogen-bond acceptors (Lipinski definition) is 5. The molecule has 1 aromatic heterocycles. The molecular weight excluding hydrogens is 288 g/mol. The third-order valence-electron chi connectivity index (χ3n) is 3.48. The number of carbonyl (C=O) groups excluding carboxylic acids is 1. The topological polar surface area (TPSA) is 72.5 Å². The van der Waals surface area contributed by atoms with Crippen LogP contribution in [0.25, 0.3) is 0 Å². The molecule has 1 aromatic rings. The van der Waals surface area contributed by atoms with E-state index in [1.807, 2.05) is 6.92 Å². The van der Waals surface area contributed by atoms with Crippen LogP contribution in [0.15, 0.2) is 22.3 Å². The van der Waals surface area contributed by atoms with Crippen molar-refractivity contribution < 1.29 is 14.1 Å². The van der Waals surface area contributed by atoms with Crippen LogP contribution in [-0.4, -0.2) is 41.0 Å². The Morgan fingerprint density at radius 1 is 1.48 bits per heavy atom. The van der Waals surface area contributed by atoms with Gasteiger partial charge >= 0.3 is 0 Å². The zero-order valence-electron chi connectivity index (χ0n) is 12.4. The van der Waals surface area contributed by atoms with Crippen LogP contribution in [0.3, 0.4) is 0 Å². The molecule has 1 atom stereocenters. The van der Waals surface area contributed by atoms with Gasteiger partial charge in [0.05, 0.1) is 18.3 Å². The molecule has 21 heavy (non-hydrogen) atoms. The molecular formula is C14H23N4O2S+. The zero-order chi connectivity index (χ0) is 15.1. The molecule has 1 saturated heterocycles. The first kappa shape index (κ1) is 16.0. The van der Waals surface area contributed by atoms with Crippen molar-refractivity contribution >= 4 is 17.7 Å². The number of nitrogens with one attached hydrogen (secondary N) is 2. The number of thioether (sulfide) groups is 1. The average Bonchev–Trinajstić information content (AvgIpc) is 2.92. The highest BCUT2D eigenvalue weighted by atomic mass is 32.2. The molecule has 1 aliphatic heterocycles. The minimum absolute atomic E-state index is 0.0543. The Hall–Kier alpha value is -1.34. The second kappa shape index (κ2) is 8.19. The summed E-state index contributed by atoms with van der Waals surface area (Å²) in [5.41, 5.74) is 0. The van der Waals surface area contributed by atoms with Gasteiger partial charge in [0.25, 0.3) is 11.1 Å². The van der Waals surface area contributed by atoms with Crippen LogP contribution in [0.5, 0.6) is 0 Å². The van der Waals surface area contributed by atoms with Gasteiger partial charge in [0.15, 0.2) is 6.54 Å². The minimum Gasteiger partial charge on any atom is -0.410 e. The Kier molecular flexibility index (Phi) is 6.25. The normalized spacial score (nSPS) is 17.4. The van der Waals surface area contributed by atoms with E-state index in [0.29, 0.717) is 17.7 Å². The van der Waals surface area contributed by atoms with Crippen molar-refractivity contribution in [1.29, 1.82) is 0 Å². The van der Waals surface area contributed by atoms with Crippen molar-refractivity contribution in [3.8, 4) is 0 Å². The number of piperidine rings is 1. The molecule has 1 fully saturated rings. The Bertz CT molecular complexity index is 471. The number of aromatic nitrogens is 2. The largest absolute Gasteiger partial charge is 0.410 e. The van der Waals surface area contributed by atoms with Gasteiger partial charge in [-0.25, -0.2) is 0 Å². The molecule has 0 bridgehead atoms. The van der Waals surface area contributed by atoms with Crippen LogP contribution >= 0.6 is 11.8 Å². The fourth-order valence-corrected chi connectivity index (χ4v) is 3.05. The molecule has 0 aliphatic carbocycles. The van der Waals surface area contributed by atoms with Gasteiger partial charge < -0.3 is 14.6 Å². The molecule has 0 unspecified atom stereocenters. The summed E-state index contributed by atoms with van der Waals surface area (Å²) in [7, 11) is 0. The standard InChI is InChI=1S/C14H22N4O2S/c1-3-7-15-13(19)11(2)21-14-17-16-12(20-14)10-18-8-5-4-6-9-18/h3,11H,1,4-10H2,2H3,(H,15,19)/p+1/t11-/m1/s1. The fourth-order valence-electron chi connectivity index (χ4n) is 2.32. The van der Waals surface area contributed by atoms with E-state index in [2.05, 4.69) is 22.1 Å². The highest BCUT2D eigenvalue weighted by molar-refractivity contribution is 8.00. The summed E-state index contributed by atoms with van der Waals surface area (Å²) < 4.78 is 5.63. The summed E-state index contributed by atoms with van der Waals surface area (Å²) in [5, 5.41) is 11.0. The van der Waals surface area contributed by atoms with Gasteiger partial charge in [0.2, 0.25) is 5.91 Å². The van der Waals surface area contributed by atoms with Crippen LogP contribution in [0.1, 0.15) is 32.1 Å². The number of rotatable bonds is 7. The van der Waals surface area contributed by atoms with E-state index >= 15 is 0 Å². The van der Waals surface area contributed by atoms with E-state index in [4.69, 9.17) is 4.42 Å². The predicted octanol–water partition coefficient (Wildman–Crippen LogP) is 0.421. The van der Waals surface area contributed by atoms with Gasteiger partial charge in [0.1, 0.15) is 0 Å². The molecule has 0 aromatic carbocycles. The summed E-state index contributed by atoms with van der Waals surface area (Å²) in [6.45, 7) is 8.99. The van der Waals surface area contributed by atoms with Gasteiger partial charge in [0, 0.05) is 6.54 Å². The van der Waals surface area contributed by atoms with Crippen molar-refractivity contribution in [3.05, 3.63) is 18.5 Å². The monoisotopic (exact) mass is 311 g/mol. The number of likely N-dealkylation sites (tertiary alicyclic amines) is 1. The lowest BCUT2D eigenvalue weighted by molar-refractivity contribution is -0.919. The minimum atomic E-state index is -0.263. The third kappa shape index (κ3) is 5.17. The highest BCUT2D eigenvalue weighted by Crippen LogP contribution is 2.21. The fraction of sp³-hybridized carbons (Fsp3) is 0.643. The van der Waals surface area contributed by atoms with Crippen molar-refractivity contribution in [1.82, 2.24) is 15.5 Å². The molecule has 0 spiro atoms. The molecule has 2 heterocycles. The van der Waals surface area contributed by atoms with Crippen molar-refractivity contribution in [2.75, 3.05) is 19.6 Å². The molecule has 116 valence electrons. The number of quaternary nitrogens is 1. The molecule has 2 N–H and O–H groups in total. The summed E-state index contributed by atoms with van der Waals surface area (Å²) in [5.74, 6) is 0.606. The van der Waals surface area contributed by atoms with Crippen LogP contribution in [-0.2, 0) is 11.3 Å². The number of hydrogen-bond donors (Lipinski definition) is 2. The van der Waals surface area contributed by atoms with Crippen LogP contribution in [0.2, 0.25) is 0 Å². The quantitative estimate of drug-likeness (QED) is 0.564. The van der Waals surface area contributed by atoms with Gasteiger partial charge in [-0.3, -0.25) is 4.79 Å². The van der Waals surface area contributed by atoms with Crippen molar-refractivity contribution in [2.24, 2.45) is 0 Å². The van der Waals surface area contributed by atoms with Gasteiger partial charge in [-0.15, -0.1) is 16.8 Å². The summed E-state index contributed by atoms with van der Waals surface area (Å²) >= 11 is 1.29. The maximum atomic E-state index is 11.8. The molecule has 0 radical (unpaired) electrons. The number of nitrogens with zero attached hydrogens (tertiary/aromatic N) is 2. The third-order valence-corrected chi connectivity index (χ3v) is 4.41. The molecule has 2 rings (SSSR count). The second-order valence-electron chi connectivity index (χ2n) is 5.24. The van der Waals surface area contributed by atoms with Crippen LogP contribution < -0.4 is 10.2 Å². The maximum absolute atomic E-state index is 11.8. The predicted molar refractivity (Wildman–Crippen MR) is 81.1 cm³/mol. The number of carbonyl (C=O) groups is 1. The Balaban J connectivity index is 1.81. The van der Waals surface area contributed by atoms with E-state index in [1.54, 1.807) is 6.08 Å². The van der Waals surface area contributed by atoms with Crippen LogP contribution in [0.4, 0.5) is 0 Å².